The standard InChI is InChI=1S/C37H34O10/c1-3-23-42-32-31(46-35(39)26-15-9-5-10-16-26)30(24-43-34(38)25-13-7-4-8-14-25)45-37(44-29-21-19-28(41-2)20-22-29)33(32)47-36(40)27-17-11-6-12-18-27/h3-22,30-33,37H,1,23-24H2,2H3/t30-,31+,32+,33-,37-/m1/s1. The van der Waals surface area contributed by atoms with Crippen molar-refractivity contribution in [2.24, 2.45) is 0 Å². The van der Waals surface area contributed by atoms with Gasteiger partial charge in [-0.05, 0) is 60.7 Å². The van der Waals surface area contributed by atoms with Crippen LogP contribution in [0.4, 0.5) is 0 Å². The highest BCUT2D eigenvalue weighted by atomic mass is 16.7. The van der Waals surface area contributed by atoms with Crippen LogP contribution in [0.25, 0.3) is 0 Å². The Morgan fingerprint density at radius 1 is 0.660 bits per heavy atom. The van der Waals surface area contributed by atoms with Crippen molar-refractivity contribution in [3.63, 3.8) is 0 Å². The third-order valence-electron chi connectivity index (χ3n) is 7.20. The predicted molar refractivity (Wildman–Crippen MR) is 170 cm³/mol. The first-order valence-corrected chi connectivity index (χ1v) is 14.9. The van der Waals surface area contributed by atoms with Crippen LogP contribution in [0, 0.1) is 0 Å². The number of rotatable bonds is 13. The maximum absolute atomic E-state index is 13.4. The Morgan fingerprint density at radius 3 is 1.66 bits per heavy atom. The van der Waals surface area contributed by atoms with Gasteiger partial charge in [0.15, 0.2) is 12.2 Å². The summed E-state index contributed by atoms with van der Waals surface area (Å²) in [5.74, 6) is -1.03. The fourth-order valence-electron chi connectivity index (χ4n) is 4.88. The van der Waals surface area contributed by atoms with Gasteiger partial charge in [-0.1, -0.05) is 60.7 Å². The van der Waals surface area contributed by atoms with Crippen molar-refractivity contribution in [2.75, 3.05) is 20.3 Å². The van der Waals surface area contributed by atoms with E-state index in [2.05, 4.69) is 6.58 Å². The van der Waals surface area contributed by atoms with Gasteiger partial charge in [-0.15, -0.1) is 6.58 Å². The van der Waals surface area contributed by atoms with E-state index in [1.165, 1.54) is 6.08 Å². The van der Waals surface area contributed by atoms with Crippen LogP contribution in [0.5, 0.6) is 11.5 Å². The molecule has 1 saturated heterocycles. The molecule has 10 nitrogen and oxygen atoms in total. The molecular formula is C37H34O10. The van der Waals surface area contributed by atoms with E-state index in [4.69, 9.17) is 33.2 Å². The van der Waals surface area contributed by atoms with Crippen LogP contribution in [-0.2, 0) is 23.7 Å². The Bertz CT molecular complexity index is 1610. The number of benzene rings is 4. The van der Waals surface area contributed by atoms with Gasteiger partial charge in [0.2, 0.25) is 6.29 Å². The van der Waals surface area contributed by atoms with Gasteiger partial charge >= 0.3 is 17.9 Å². The number of esters is 3. The number of carbonyl (C=O) groups is 3. The SMILES string of the molecule is C=CCO[C@H]1[C@@H](OC(=O)c2ccccc2)[C@@H](COC(=O)c2ccccc2)O[C@@H](Oc2ccc(OC)cc2)[C@@H]1OC(=O)c1ccccc1. The number of hydrogen-bond acceptors (Lipinski definition) is 10. The fourth-order valence-corrected chi connectivity index (χ4v) is 4.88. The summed E-state index contributed by atoms with van der Waals surface area (Å²) in [5.41, 5.74) is 0.862. The van der Waals surface area contributed by atoms with Gasteiger partial charge in [0, 0.05) is 0 Å². The first-order chi connectivity index (χ1) is 23.0. The highest BCUT2D eigenvalue weighted by Crippen LogP contribution is 2.32. The Morgan fingerprint density at radius 2 is 1.15 bits per heavy atom. The third kappa shape index (κ3) is 8.63. The molecule has 1 fully saturated rings. The highest BCUT2D eigenvalue weighted by Gasteiger charge is 2.52. The lowest BCUT2D eigenvalue weighted by atomic mass is 9.97. The van der Waals surface area contributed by atoms with Gasteiger partial charge in [-0.2, -0.15) is 0 Å². The summed E-state index contributed by atoms with van der Waals surface area (Å²) < 4.78 is 41.7. The smallest absolute Gasteiger partial charge is 0.338 e. The van der Waals surface area contributed by atoms with Gasteiger partial charge in [0.05, 0.1) is 30.4 Å². The van der Waals surface area contributed by atoms with E-state index in [0.717, 1.165) is 0 Å². The molecule has 4 aromatic rings. The first kappa shape index (κ1) is 32.9. The average molecular weight is 639 g/mol. The molecule has 5 rings (SSSR count). The third-order valence-corrected chi connectivity index (χ3v) is 7.20. The maximum Gasteiger partial charge on any atom is 0.338 e. The minimum absolute atomic E-state index is 0.00474. The second-order valence-corrected chi connectivity index (χ2v) is 10.4. The lowest BCUT2D eigenvalue weighted by Gasteiger charge is -2.44. The Kier molecular flexibility index (Phi) is 11.4. The van der Waals surface area contributed by atoms with Gasteiger partial charge in [0.25, 0.3) is 0 Å². The van der Waals surface area contributed by atoms with Crippen molar-refractivity contribution in [2.45, 2.75) is 30.7 Å². The predicted octanol–water partition coefficient (Wildman–Crippen LogP) is 5.68. The largest absolute Gasteiger partial charge is 0.497 e. The van der Waals surface area contributed by atoms with Crippen molar-refractivity contribution in [3.05, 3.63) is 145 Å². The molecule has 0 aliphatic carbocycles. The van der Waals surface area contributed by atoms with Crippen molar-refractivity contribution >= 4 is 17.9 Å². The molecule has 1 aliphatic heterocycles. The van der Waals surface area contributed by atoms with Gasteiger partial charge in [-0.25, -0.2) is 14.4 Å². The topological polar surface area (TPSA) is 116 Å². The summed E-state index contributed by atoms with van der Waals surface area (Å²) in [5, 5.41) is 0. The number of carbonyl (C=O) groups excluding carboxylic acids is 3. The zero-order chi connectivity index (χ0) is 33.0. The molecule has 1 aliphatic rings. The molecule has 0 spiro atoms. The summed E-state index contributed by atoms with van der Waals surface area (Å²) in [6.07, 6.45) is -4.54. The summed E-state index contributed by atoms with van der Waals surface area (Å²) in [6, 6.07) is 31.8. The Balaban J connectivity index is 1.51. The highest BCUT2D eigenvalue weighted by molar-refractivity contribution is 5.90. The molecule has 0 aromatic heterocycles. The zero-order valence-corrected chi connectivity index (χ0v) is 25.6. The molecule has 0 unspecified atom stereocenters. The molecule has 1 heterocycles. The molecule has 0 saturated carbocycles. The second kappa shape index (κ2) is 16.2. The van der Waals surface area contributed by atoms with Crippen molar-refractivity contribution in [3.8, 4) is 11.5 Å². The van der Waals surface area contributed by atoms with E-state index in [-0.39, 0.29) is 24.3 Å². The molecule has 10 heteroatoms. The fraction of sp³-hybridized carbons (Fsp3) is 0.216. The minimum Gasteiger partial charge on any atom is -0.497 e. The molecule has 4 aromatic carbocycles. The van der Waals surface area contributed by atoms with Gasteiger partial charge in [-0.3, -0.25) is 0 Å². The summed E-state index contributed by atoms with van der Waals surface area (Å²) in [6.45, 7) is 3.39. The summed E-state index contributed by atoms with van der Waals surface area (Å²) in [4.78, 5) is 39.8. The Hall–Kier alpha value is -5.45. The summed E-state index contributed by atoms with van der Waals surface area (Å²) in [7, 11) is 1.54. The molecular weight excluding hydrogens is 604 g/mol. The van der Waals surface area contributed by atoms with E-state index in [1.807, 2.05) is 0 Å². The molecule has 0 N–H and O–H groups in total. The molecule has 47 heavy (non-hydrogen) atoms. The molecule has 242 valence electrons. The normalized spacial score (nSPS) is 20.3. The number of hydrogen-bond donors (Lipinski definition) is 0. The van der Waals surface area contributed by atoms with Crippen LogP contribution in [0.1, 0.15) is 31.1 Å². The Labute approximate surface area is 272 Å². The van der Waals surface area contributed by atoms with Crippen LogP contribution in [0.2, 0.25) is 0 Å². The van der Waals surface area contributed by atoms with Gasteiger partial charge in [0.1, 0.15) is 30.3 Å². The average Bonchev–Trinajstić information content (AvgIpc) is 3.12. The molecule has 0 amide bonds. The monoisotopic (exact) mass is 638 g/mol. The van der Waals surface area contributed by atoms with Crippen LogP contribution < -0.4 is 9.47 Å². The number of ether oxygens (including phenoxy) is 7. The van der Waals surface area contributed by atoms with Crippen LogP contribution in [0.3, 0.4) is 0 Å². The lowest BCUT2D eigenvalue weighted by molar-refractivity contribution is -0.282. The molecule has 0 radical (unpaired) electrons. The number of methoxy groups -OCH3 is 1. The van der Waals surface area contributed by atoms with Crippen molar-refractivity contribution in [1.29, 1.82) is 0 Å². The van der Waals surface area contributed by atoms with E-state index in [9.17, 15) is 14.4 Å². The van der Waals surface area contributed by atoms with Gasteiger partial charge < -0.3 is 33.2 Å². The van der Waals surface area contributed by atoms with Crippen LogP contribution in [0.15, 0.2) is 128 Å². The van der Waals surface area contributed by atoms with Crippen molar-refractivity contribution in [1.82, 2.24) is 0 Å². The second-order valence-electron chi connectivity index (χ2n) is 10.4. The van der Waals surface area contributed by atoms with E-state index < -0.39 is 48.6 Å². The van der Waals surface area contributed by atoms with E-state index >= 15 is 0 Å². The van der Waals surface area contributed by atoms with Crippen LogP contribution >= 0.6 is 0 Å². The quantitative estimate of drug-likeness (QED) is 0.103. The van der Waals surface area contributed by atoms with E-state index in [1.54, 1.807) is 122 Å². The summed E-state index contributed by atoms with van der Waals surface area (Å²) >= 11 is 0. The van der Waals surface area contributed by atoms with E-state index in [0.29, 0.717) is 17.1 Å². The molecule has 5 atom stereocenters. The lowest BCUT2D eigenvalue weighted by Crippen LogP contribution is -2.63. The molecule has 0 bridgehead atoms. The maximum atomic E-state index is 13.4. The van der Waals surface area contributed by atoms with Crippen LogP contribution in [-0.4, -0.2) is 68.9 Å². The van der Waals surface area contributed by atoms with Crippen molar-refractivity contribution < 1.29 is 47.5 Å². The first-order valence-electron chi connectivity index (χ1n) is 14.9. The zero-order valence-electron chi connectivity index (χ0n) is 25.6. The minimum atomic E-state index is -1.29.